The van der Waals surface area contributed by atoms with Crippen LogP contribution in [0.4, 0.5) is 4.79 Å². The number of nitrogens with zero attached hydrogens (tertiary/aromatic N) is 1. The molecule has 0 aliphatic carbocycles. The third-order valence-corrected chi connectivity index (χ3v) is 4.82. The molecule has 188 valence electrons. The van der Waals surface area contributed by atoms with Crippen molar-refractivity contribution in [1.82, 2.24) is 11.1 Å². The van der Waals surface area contributed by atoms with E-state index >= 15 is 0 Å². The van der Waals surface area contributed by atoms with E-state index in [0.717, 1.165) is 6.34 Å². The Labute approximate surface area is 194 Å². The van der Waals surface area contributed by atoms with E-state index in [9.17, 15) is 4.79 Å². The van der Waals surface area contributed by atoms with Gasteiger partial charge < -0.3 is 45.3 Å². The average Bonchev–Trinajstić information content (AvgIpc) is 3.49. The molecule has 2 aliphatic rings. The van der Waals surface area contributed by atoms with Gasteiger partial charge >= 0.3 is 6.16 Å². The van der Waals surface area contributed by atoms with Gasteiger partial charge in [0.05, 0.1) is 12.3 Å². The van der Waals surface area contributed by atoms with Gasteiger partial charge in [-0.2, -0.15) is 0 Å². The number of aromatic amines is 1. The summed E-state index contributed by atoms with van der Waals surface area (Å²) in [5.74, 6) is 0.368. The van der Waals surface area contributed by atoms with Gasteiger partial charge in [-0.15, -0.1) is 0 Å². The van der Waals surface area contributed by atoms with Crippen LogP contribution in [0.25, 0.3) is 0 Å². The highest BCUT2D eigenvalue weighted by Gasteiger charge is 2.60. The number of nitrogens with two attached hydrogens (primary N) is 1. The number of methoxy groups -OCH3 is 1. The molecule has 0 bridgehead atoms. The molecule has 33 heavy (non-hydrogen) atoms. The summed E-state index contributed by atoms with van der Waals surface area (Å²) in [7, 11) is 1.47. The second-order valence-corrected chi connectivity index (χ2v) is 7.75. The summed E-state index contributed by atoms with van der Waals surface area (Å²) in [4.78, 5) is 18.8. The molecule has 0 saturated carbocycles. The maximum atomic E-state index is 11.9. The maximum Gasteiger partial charge on any atom is 0.508 e. The first kappa shape index (κ1) is 28.5. The molecule has 0 unspecified atom stereocenters. The highest BCUT2D eigenvalue weighted by atomic mass is 16.9. The van der Waals surface area contributed by atoms with Crippen LogP contribution in [0.15, 0.2) is 17.1 Å². The molecule has 0 radical (unpaired) electrons. The molecular formula is C21H37N5O7. The van der Waals surface area contributed by atoms with E-state index in [1.807, 2.05) is 27.7 Å². The van der Waals surface area contributed by atoms with E-state index in [1.54, 1.807) is 19.1 Å². The van der Waals surface area contributed by atoms with Crippen LogP contribution < -0.4 is 11.9 Å². The first-order valence-corrected chi connectivity index (χ1v) is 10.6. The van der Waals surface area contributed by atoms with Crippen molar-refractivity contribution in [3.8, 4) is 0 Å². The molecule has 3 heterocycles. The highest BCUT2D eigenvalue weighted by molar-refractivity contribution is 5.99. The molecule has 7 N–H and O–H groups in total. The van der Waals surface area contributed by atoms with Gasteiger partial charge in [-0.05, 0) is 25.0 Å². The van der Waals surface area contributed by atoms with E-state index in [1.165, 1.54) is 7.11 Å². The van der Waals surface area contributed by atoms with Crippen LogP contribution in [0.3, 0.4) is 0 Å². The molecule has 2 fully saturated rings. The van der Waals surface area contributed by atoms with E-state index in [-0.39, 0.29) is 31.1 Å². The van der Waals surface area contributed by atoms with Crippen molar-refractivity contribution in [2.24, 2.45) is 16.6 Å². The first-order valence-electron chi connectivity index (χ1n) is 10.6. The van der Waals surface area contributed by atoms with Crippen LogP contribution >= 0.6 is 0 Å². The van der Waals surface area contributed by atoms with Crippen LogP contribution in [0.5, 0.6) is 0 Å². The lowest BCUT2D eigenvalue weighted by atomic mass is 9.97. The quantitative estimate of drug-likeness (QED) is 0.251. The predicted octanol–water partition coefficient (Wildman–Crippen LogP) is 2.87. The van der Waals surface area contributed by atoms with Gasteiger partial charge in [0.2, 0.25) is 0 Å². The van der Waals surface area contributed by atoms with E-state index in [0.29, 0.717) is 11.4 Å². The Morgan fingerprint density at radius 1 is 1.33 bits per heavy atom. The summed E-state index contributed by atoms with van der Waals surface area (Å²) in [5.41, 5.74) is 6.05. The number of amidine groups is 1. The van der Waals surface area contributed by atoms with Crippen molar-refractivity contribution < 1.29 is 33.2 Å². The third-order valence-electron chi connectivity index (χ3n) is 4.82. The lowest BCUT2D eigenvalue weighted by Crippen LogP contribution is -2.44. The zero-order valence-electron chi connectivity index (χ0n) is 20.1. The Morgan fingerprint density at radius 3 is 2.64 bits per heavy atom. The summed E-state index contributed by atoms with van der Waals surface area (Å²) in [6.45, 7) is 8.95. The van der Waals surface area contributed by atoms with Gasteiger partial charge in [0, 0.05) is 12.8 Å². The standard InChI is InChI=1S/C19H28N4O7.C2H6.H3N/c1-10(2)7-26-17(24)27-8-19(3)15-14(28-18(25-4)29-15)13(30-19)11-5-6-12(23-11)16(21)22-9-20;1-2;/h5-6,9-10,13-15,18,23H,7-8H2,1-4H3,(H3,20,21,22);1-2H3;1H3/t13-,14-,15-,18-,19+;;/m0../s1. The number of nitrogens with one attached hydrogen (secondary N) is 2. The summed E-state index contributed by atoms with van der Waals surface area (Å²) in [6.07, 6.45) is -1.53. The average molecular weight is 472 g/mol. The number of aliphatic imine (C=N–C) groups is 1. The molecule has 0 aromatic carbocycles. The monoisotopic (exact) mass is 471 g/mol. The molecule has 5 atom stereocenters. The Balaban J connectivity index is 0.00000177. The second kappa shape index (κ2) is 12.7. The number of fused-ring (bicyclic) bond motifs is 1. The zero-order valence-corrected chi connectivity index (χ0v) is 20.1. The van der Waals surface area contributed by atoms with Gasteiger partial charge in [0.1, 0.15) is 42.7 Å². The normalized spacial score (nSPS) is 28.4. The number of aromatic nitrogens is 1. The number of hydrogen-bond acceptors (Lipinski definition) is 9. The number of ether oxygens (including phenoxy) is 6. The Morgan fingerprint density at radius 2 is 2.03 bits per heavy atom. The predicted molar refractivity (Wildman–Crippen MR) is 122 cm³/mol. The molecule has 0 spiro atoms. The molecule has 2 aliphatic heterocycles. The molecule has 2 saturated heterocycles. The minimum absolute atomic E-state index is 0. The van der Waals surface area contributed by atoms with Gasteiger partial charge in [0.15, 0.2) is 0 Å². The van der Waals surface area contributed by atoms with E-state index < -0.39 is 36.5 Å². The van der Waals surface area contributed by atoms with Crippen LogP contribution in [0, 0.1) is 11.3 Å². The fourth-order valence-electron chi connectivity index (χ4n) is 3.39. The maximum absolute atomic E-state index is 11.9. The highest BCUT2D eigenvalue weighted by Crippen LogP contribution is 2.47. The third kappa shape index (κ3) is 6.74. The Hall–Kier alpha value is -2.51. The largest absolute Gasteiger partial charge is 0.508 e. The number of rotatable bonds is 8. The van der Waals surface area contributed by atoms with Gasteiger partial charge in [-0.1, -0.05) is 27.7 Å². The number of carbonyl (C=O) groups is 1. The lowest BCUT2D eigenvalue weighted by molar-refractivity contribution is -0.264. The van der Waals surface area contributed by atoms with Gasteiger partial charge in [0.25, 0.3) is 6.48 Å². The number of hydrogen-bond donors (Lipinski definition) is 4. The molecule has 12 heteroatoms. The van der Waals surface area contributed by atoms with Crippen molar-refractivity contribution in [3.05, 3.63) is 23.5 Å². The molecule has 3 rings (SSSR count). The van der Waals surface area contributed by atoms with Crippen molar-refractivity contribution >= 4 is 18.3 Å². The first-order chi connectivity index (χ1) is 15.3. The van der Waals surface area contributed by atoms with Crippen molar-refractivity contribution in [2.75, 3.05) is 20.3 Å². The molecule has 1 aromatic heterocycles. The fraction of sp³-hybridized carbons (Fsp3) is 0.667. The summed E-state index contributed by atoms with van der Waals surface area (Å²) < 4.78 is 33.4. The Bertz CT molecular complexity index is 800. The van der Waals surface area contributed by atoms with Crippen LogP contribution in [0.2, 0.25) is 0 Å². The minimum atomic E-state index is -1.00. The summed E-state index contributed by atoms with van der Waals surface area (Å²) in [5, 5.41) is 7.05. The topological polar surface area (TPSA) is 185 Å². The van der Waals surface area contributed by atoms with E-state index in [2.05, 4.69) is 9.98 Å². The summed E-state index contributed by atoms with van der Waals surface area (Å²) in [6, 6.07) is 3.52. The van der Waals surface area contributed by atoms with Crippen LogP contribution in [-0.2, 0) is 28.4 Å². The SMILES string of the molecule is CC.CO[C@H]1O[C@H]2[C@H](c3ccc(C(N)=NC=N)[nH]3)O[C@](C)(COC(=O)OCC(C)C)[C@H]2O1.N. The molecule has 0 amide bonds. The van der Waals surface area contributed by atoms with Crippen molar-refractivity contribution in [3.63, 3.8) is 0 Å². The molecule has 1 aromatic rings. The lowest BCUT2D eigenvalue weighted by Gasteiger charge is -2.28. The Kier molecular flexibility index (Phi) is 10.9. The van der Waals surface area contributed by atoms with Gasteiger partial charge in [-0.25, -0.2) is 9.79 Å². The van der Waals surface area contributed by atoms with Gasteiger partial charge in [-0.3, -0.25) is 5.41 Å². The number of carbonyl (C=O) groups excluding carboxylic acids is 1. The van der Waals surface area contributed by atoms with Crippen LogP contribution in [0.1, 0.15) is 52.1 Å². The zero-order chi connectivity index (χ0) is 23.9. The molecule has 12 nitrogen and oxygen atoms in total. The minimum Gasteiger partial charge on any atom is -0.434 e. The van der Waals surface area contributed by atoms with E-state index in [4.69, 9.17) is 39.6 Å². The number of H-pyrrole nitrogens is 1. The second-order valence-electron chi connectivity index (χ2n) is 7.75. The van der Waals surface area contributed by atoms with Crippen molar-refractivity contribution in [2.45, 2.75) is 65.0 Å². The smallest absolute Gasteiger partial charge is 0.434 e. The fourth-order valence-corrected chi connectivity index (χ4v) is 3.39. The van der Waals surface area contributed by atoms with Crippen LogP contribution in [-0.4, -0.2) is 67.9 Å². The summed E-state index contributed by atoms with van der Waals surface area (Å²) >= 11 is 0. The molecular weight excluding hydrogens is 434 g/mol. The van der Waals surface area contributed by atoms with Crippen molar-refractivity contribution in [1.29, 1.82) is 5.41 Å².